The Morgan fingerprint density at radius 1 is 1.33 bits per heavy atom. The third-order valence-electron chi connectivity index (χ3n) is 3.42. The normalized spacial score (nSPS) is 18.2. The van der Waals surface area contributed by atoms with E-state index >= 15 is 0 Å². The summed E-state index contributed by atoms with van der Waals surface area (Å²) in [6.07, 6.45) is -2.44. The van der Waals surface area contributed by atoms with Gasteiger partial charge in [0.25, 0.3) is 0 Å². The molecule has 1 aromatic rings. The summed E-state index contributed by atoms with van der Waals surface area (Å²) in [6, 6.07) is 4.49. The van der Waals surface area contributed by atoms with Gasteiger partial charge in [0.1, 0.15) is 5.60 Å². The predicted molar refractivity (Wildman–Crippen MR) is 59.4 cm³/mol. The van der Waals surface area contributed by atoms with Crippen molar-refractivity contribution in [2.75, 3.05) is 7.11 Å². The highest BCUT2D eigenvalue weighted by Crippen LogP contribution is 2.38. The van der Waals surface area contributed by atoms with Gasteiger partial charge in [0, 0.05) is 12.7 Å². The fourth-order valence-corrected chi connectivity index (χ4v) is 2.12. The van der Waals surface area contributed by atoms with Gasteiger partial charge >= 0.3 is 6.18 Å². The van der Waals surface area contributed by atoms with Crippen LogP contribution in [0.25, 0.3) is 0 Å². The highest BCUT2D eigenvalue weighted by Gasteiger charge is 2.45. The highest BCUT2D eigenvalue weighted by molar-refractivity contribution is 6.03. The maximum Gasteiger partial charge on any atom is 0.416 e. The van der Waals surface area contributed by atoms with Crippen LogP contribution < -0.4 is 0 Å². The Balaban J connectivity index is 2.32. The number of methoxy groups -OCH3 is 1. The summed E-state index contributed by atoms with van der Waals surface area (Å²) in [6.45, 7) is 0. The molecule has 2 rings (SSSR count). The van der Waals surface area contributed by atoms with E-state index < -0.39 is 17.3 Å². The van der Waals surface area contributed by atoms with Gasteiger partial charge in [0.05, 0.1) is 5.56 Å². The predicted octanol–water partition coefficient (Wildman–Crippen LogP) is 3.46. The molecule has 18 heavy (non-hydrogen) atoms. The Labute approximate surface area is 103 Å². The Morgan fingerprint density at radius 2 is 2.00 bits per heavy atom. The van der Waals surface area contributed by atoms with Gasteiger partial charge in [-0.1, -0.05) is 12.1 Å². The zero-order chi connectivity index (χ0) is 13.4. The lowest BCUT2D eigenvalue weighted by Crippen LogP contribution is -2.47. The standard InChI is InChI=1S/C13H13F3O2/c1-18-12(6-3-7-12)11(17)9-4-2-5-10(8-9)13(14,15)16/h2,4-5,8H,3,6-7H2,1H3. The molecule has 0 aliphatic heterocycles. The fourth-order valence-electron chi connectivity index (χ4n) is 2.12. The summed E-state index contributed by atoms with van der Waals surface area (Å²) >= 11 is 0. The summed E-state index contributed by atoms with van der Waals surface area (Å²) in [7, 11) is 1.42. The SMILES string of the molecule is COC1(C(=O)c2cccc(C(F)(F)F)c2)CCC1. The molecule has 0 heterocycles. The summed E-state index contributed by atoms with van der Waals surface area (Å²) in [5, 5.41) is 0. The van der Waals surface area contributed by atoms with E-state index in [2.05, 4.69) is 0 Å². The summed E-state index contributed by atoms with van der Waals surface area (Å²) in [4.78, 5) is 12.2. The third-order valence-corrected chi connectivity index (χ3v) is 3.42. The molecule has 1 aromatic carbocycles. The maximum atomic E-state index is 12.6. The molecule has 1 fully saturated rings. The van der Waals surface area contributed by atoms with E-state index in [0.717, 1.165) is 18.6 Å². The van der Waals surface area contributed by atoms with E-state index in [9.17, 15) is 18.0 Å². The van der Waals surface area contributed by atoms with Crippen molar-refractivity contribution in [3.05, 3.63) is 35.4 Å². The van der Waals surface area contributed by atoms with Crippen molar-refractivity contribution in [3.63, 3.8) is 0 Å². The number of ketones is 1. The first-order valence-electron chi connectivity index (χ1n) is 5.66. The van der Waals surface area contributed by atoms with Gasteiger partial charge in [0.2, 0.25) is 0 Å². The van der Waals surface area contributed by atoms with Crippen LogP contribution in [0.2, 0.25) is 0 Å². The van der Waals surface area contributed by atoms with Crippen LogP contribution in [-0.4, -0.2) is 18.5 Å². The van der Waals surface area contributed by atoms with Gasteiger partial charge in [-0.25, -0.2) is 0 Å². The number of rotatable bonds is 3. The summed E-state index contributed by atoms with van der Waals surface area (Å²) in [5.74, 6) is -0.359. The number of hydrogen-bond acceptors (Lipinski definition) is 2. The Bertz CT molecular complexity index is 456. The molecule has 0 spiro atoms. The lowest BCUT2D eigenvalue weighted by molar-refractivity contribution is -0.137. The van der Waals surface area contributed by atoms with Crippen LogP contribution in [0.3, 0.4) is 0 Å². The summed E-state index contributed by atoms with van der Waals surface area (Å²) in [5.41, 5.74) is -1.66. The molecule has 1 aliphatic carbocycles. The van der Waals surface area contributed by atoms with Crippen molar-refractivity contribution < 1.29 is 22.7 Å². The lowest BCUT2D eigenvalue weighted by Gasteiger charge is -2.38. The largest absolute Gasteiger partial charge is 0.416 e. The molecule has 1 aliphatic rings. The number of carbonyl (C=O) groups excluding carboxylic acids is 1. The van der Waals surface area contributed by atoms with Crippen LogP contribution in [0.1, 0.15) is 35.2 Å². The second-order valence-corrected chi connectivity index (χ2v) is 4.46. The molecular weight excluding hydrogens is 245 g/mol. The smallest absolute Gasteiger partial charge is 0.370 e. The monoisotopic (exact) mass is 258 g/mol. The van der Waals surface area contributed by atoms with Crippen molar-refractivity contribution in [1.29, 1.82) is 0 Å². The van der Waals surface area contributed by atoms with Gasteiger partial charge in [-0.15, -0.1) is 0 Å². The number of hydrogen-bond donors (Lipinski definition) is 0. The number of alkyl halides is 3. The Morgan fingerprint density at radius 3 is 2.44 bits per heavy atom. The van der Waals surface area contributed by atoms with Gasteiger partial charge in [-0.2, -0.15) is 13.2 Å². The van der Waals surface area contributed by atoms with E-state index in [1.165, 1.54) is 19.2 Å². The first-order chi connectivity index (χ1) is 8.39. The number of ether oxygens (including phenoxy) is 1. The minimum absolute atomic E-state index is 0.0615. The van der Waals surface area contributed by atoms with Gasteiger partial charge in [0.15, 0.2) is 5.78 Å². The van der Waals surface area contributed by atoms with Crippen molar-refractivity contribution in [2.24, 2.45) is 0 Å². The molecule has 0 amide bonds. The molecule has 98 valence electrons. The van der Waals surface area contributed by atoms with Gasteiger partial charge < -0.3 is 4.74 Å². The minimum Gasteiger partial charge on any atom is -0.370 e. The van der Waals surface area contributed by atoms with Crippen LogP contribution >= 0.6 is 0 Å². The molecule has 0 N–H and O–H groups in total. The number of carbonyl (C=O) groups is 1. The zero-order valence-corrected chi connectivity index (χ0v) is 9.88. The van der Waals surface area contributed by atoms with Crippen LogP contribution in [0, 0.1) is 0 Å². The van der Waals surface area contributed by atoms with E-state index in [-0.39, 0.29) is 11.3 Å². The van der Waals surface area contributed by atoms with Crippen molar-refractivity contribution in [3.8, 4) is 0 Å². The fraction of sp³-hybridized carbons (Fsp3) is 0.462. The maximum absolute atomic E-state index is 12.6. The van der Waals surface area contributed by atoms with E-state index in [1.807, 2.05) is 0 Å². The number of Topliss-reactive ketones (excluding diaryl/α,β-unsaturated/α-hetero) is 1. The van der Waals surface area contributed by atoms with Gasteiger partial charge in [-0.05, 0) is 31.4 Å². The lowest BCUT2D eigenvalue weighted by atomic mass is 9.74. The first kappa shape index (κ1) is 13.1. The molecule has 0 unspecified atom stereocenters. The molecule has 2 nitrogen and oxygen atoms in total. The Hall–Kier alpha value is -1.36. The quantitative estimate of drug-likeness (QED) is 0.776. The van der Waals surface area contributed by atoms with E-state index in [4.69, 9.17) is 4.74 Å². The molecule has 1 saturated carbocycles. The zero-order valence-electron chi connectivity index (χ0n) is 9.88. The molecule has 0 saturated heterocycles. The average molecular weight is 258 g/mol. The average Bonchev–Trinajstić information content (AvgIpc) is 2.27. The molecular formula is C13H13F3O2. The highest BCUT2D eigenvalue weighted by atomic mass is 19.4. The topological polar surface area (TPSA) is 26.3 Å². The van der Waals surface area contributed by atoms with Crippen molar-refractivity contribution in [2.45, 2.75) is 31.0 Å². The Kier molecular flexibility index (Phi) is 3.19. The van der Waals surface area contributed by atoms with Crippen LogP contribution in [-0.2, 0) is 10.9 Å². The number of halogens is 3. The molecule has 0 aromatic heterocycles. The van der Waals surface area contributed by atoms with Crippen LogP contribution in [0.15, 0.2) is 24.3 Å². The second-order valence-electron chi connectivity index (χ2n) is 4.46. The molecule has 0 bridgehead atoms. The summed E-state index contributed by atoms with van der Waals surface area (Å²) < 4.78 is 42.9. The van der Waals surface area contributed by atoms with E-state index in [0.29, 0.717) is 12.8 Å². The van der Waals surface area contributed by atoms with Crippen LogP contribution in [0.5, 0.6) is 0 Å². The molecule has 0 atom stereocenters. The second kappa shape index (κ2) is 4.39. The first-order valence-corrected chi connectivity index (χ1v) is 5.66. The molecule has 5 heteroatoms. The van der Waals surface area contributed by atoms with Crippen molar-refractivity contribution in [1.82, 2.24) is 0 Å². The number of benzene rings is 1. The molecule has 0 radical (unpaired) electrons. The third kappa shape index (κ3) is 2.14. The van der Waals surface area contributed by atoms with Gasteiger partial charge in [-0.3, -0.25) is 4.79 Å². The van der Waals surface area contributed by atoms with E-state index in [1.54, 1.807) is 0 Å². The minimum atomic E-state index is -4.43. The van der Waals surface area contributed by atoms with Crippen LogP contribution in [0.4, 0.5) is 13.2 Å². The van der Waals surface area contributed by atoms with Crippen molar-refractivity contribution >= 4 is 5.78 Å².